The molecule has 1 aliphatic rings. The molecule has 0 aromatic carbocycles. The van der Waals surface area contributed by atoms with Crippen LogP contribution >= 0.6 is 0 Å². The molecule has 3 heterocycles. The second-order valence-corrected chi connectivity index (χ2v) is 6.29. The van der Waals surface area contributed by atoms with E-state index in [-0.39, 0.29) is 0 Å². The molecular formula is C19H24N6. The molecule has 0 spiro atoms. The molecule has 6 nitrogen and oxygen atoms in total. The molecule has 25 heavy (non-hydrogen) atoms. The zero-order valence-corrected chi connectivity index (χ0v) is 14.6. The fourth-order valence-electron chi connectivity index (χ4n) is 3.01. The molecule has 0 amide bonds. The average molecular weight is 336 g/mol. The minimum atomic E-state index is 0.344. The predicted molar refractivity (Wildman–Crippen MR) is 101 cm³/mol. The number of allylic oxidation sites excluding steroid dienone is 2. The third kappa shape index (κ3) is 4.42. The van der Waals surface area contributed by atoms with Crippen LogP contribution < -0.4 is 5.32 Å². The van der Waals surface area contributed by atoms with Crippen molar-refractivity contribution in [3.8, 4) is 11.3 Å². The van der Waals surface area contributed by atoms with Crippen LogP contribution in [0.15, 0.2) is 55.4 Å². The number of hydrogen-bond donors (Lipinski definition) is 2. The van der Waals surface area contributed by atoms with Crippen molar-refractivity contribution in [1.82, 2.24) is 25.1 Å². The van der Waals surface area contributed by atoms with E-state index in [1.807, 2.05) is 25.1 Å². The summed E-state index contributed by atoms with van der Waals surface area (Å²) in [5.74, 6) is 0.662. The van der Waals surface area contributed by atoms with E-state index in [9.17, 15) is 0 Å². The molecule has 6 heteroatoms. The molecular weight excluding hydrogens is 312 g/mol. The Balaban J connectivity index is 1.59. The van der Waals surface area contributed by atoms with Crippen molar-refractivity contribution in [3.63, 3.8) is 0 Å². The van der Waals surface area contributed by atoms with E-state index in [0.717, 1.165) is 48.6 Å². The molecule has 2 N–H and O–H groups in total. The van der Waals surface area contributed by atoms with Crippen LogP contribution in [0.4, 0.5) is 5.95 Å². The van der Waals surface area contributed by atoms with Crippen LogP contribution in [0.25, 0.3) is 11.3 Å². The molecule has 0 saturated carbocycles. The van der Waals surface area contributed by atoms with E-state index in [0.29, 0.717) is 12.0 Å². The summed E-state index contributed by atoms with van der Waals surface area (Å²) in [7, 11) is 0. The summed E-state index contributed by atoms with van der Waals surface area (Å²) in [6.07, 6.45) is 10.3. The van der Waals surface area contributed by atoms with Gasteiger partial charge in [-0.05, 0) is 25.0 Å². The van der Waals surface area contributed by atoms with E-state index in [1.165, 1.54) is 0 Å². The topological polar surface area (TPSA) is 69.7 Å². The highest BCUT2D eigenvalue weighted by molar-refractivity contribution is 5.61. The van der Waals surface area contributed by atoms with Crippen LogP contribution in [0.3, 0.4) is 0 Å². The molecule has 2 aromatic heterocycles. The summed E-state index contributed by atoms with van der Waals surface area (Å²) in [4.78, 5) is 11.4. The highest BCUT2D eigenvalue weighted by atomic mass is 15.2. The van der Waals surface area contributed by atoms with Crippen LogP contribution in [0.1, 0.15) is 12.1 Å². The van der Waals surface area contributed by atoms with Gasteiger partial charge in [0.05, 0.1) is 11.9 Å². The molecule has 130 valence electrons. The summed E-state index contributed by atoms with van der Waals surface area (Å²) in [5.41, 5.74) is 3.97. The molecule has 1 atom stereocenters. The summed E-state index contributed by atoms with van der Waals surface area (Å²) in [6, 6.07) is 2.25. The zero-order chi connectivity index (χ0) is 17.6. The Kier molecular flexibility index (Phi) is 5.40. The number of rotatable bonds is 7. The van der Waals surface area contributed by atoms with E-state index < -0.39 is 0 Å². The van der Waals surface area contributed by atoms with Crippen LogP contribution in [-0.2, 0) is 0 Å². The molecule has 1 unspecified atom stereocenters. The smallest absolute Gasteiger partial charge is 0.223 e. The number of nitrogens with one attached hydrogen (secondary N) is 2. The lowest BCUT2D eigenvalue weighted by atomic mass is 10.2. The fourth-order valence-corrected chi connectivity index (χ4v) is 3.01. The zero-order valence-electron chi connectivity index (χ0n) is 14.6. The minimum absolute atomic E-state index is 0.344. The van der Waals surface area contributed by atoms with Gasteiger partial charge >= 0.3 is 0 Å². The molecule has 3 rings (SSSR count). The lowest BCUT2D eigenvalue weighted by Gasteiger charge is -2.17. The van der Waals surface area contributed by atoms with Crippen molar-refractivity contribution in [2.75, 3.05) is 25.0 Å². The highest BCUT2D eigenvalue weighted by Gasteiger charge is 2.23. The van der Waals surface area contributed by atoms with E-state index in [2.05, 4.69) is 43.5 Å². The Hall–Kier alpha value is -2.73. The molecule has 1 saturated heterocycles. The van der Waals surface area contributed by atoms with Gasteiger partial charge in [-0.3, -0.25) is 10.00 Å². The quantitative estimate of drug-likeness (QED) is 0.761. The van der Waals surface area contributed by atoms with Crippen molar-refractivity contribution in [1.29, 1.82) is 0 Å². The van der Waals surface area contributed by atoms with Crippen molar-refractivity contribution in [2.45, 2.75) is 19.4 Å². The number of likely N-dealkylation sites (tertiary alicyclic amines) is 1. The lowest BCUT2D eigenvalue weighted by Crippen LogP contribution is -2.28. The van der Waals surface area contributed by atoms with Crippen LogP contribution in [0.5, 0.6) is 0 Å². The molecule has 1 fully saturated rings. The van der Waals surface area contributed by atoms with Gasteiger partial charge in [0.15, 0.2) is 0 Å². The normalized spacial score (nSPS) is 17.9. The third-order valence-electron chi connectivity index (χ3n) is 4.26. The van der Waals surface area contributed by atoms with Gasteiger partial charge in [0, 0.05) is 43.1 Å². The second kappa shape index (κ2) is 7.90. The molecule has 1 aliphatic heterocycles. The standard InChI is InChI=1S/C19H24N6/c1-4-5-6-14(2)12-25-10-8-16(13-25)22-19-20-9-7-18(23-19)17-11-21-24-15(17)3/h4-7,9,11,16H,1-2,8,10,12-13H2,3H3,(H,21,24)(H,20,22,23)/b6-5-. The average Bonchev–Trinajstić information content (AvgIpc) is 3.22. The Morgan fingerprint density at radius 2 is 2.40 bits per heavy atom. The molecule has 0 aliphatic carbocycles. The SMILES string of the molecule is C=C/C=C\C(=C)CN1CCC(Nc2nccc(-c3cn[nH]c3C)n2)C1. The summed E-state index contributed by atoms with van der Waals surface area (Å²) < 4.78 is 0. The maximum Gasteiger partial charge on any atom is 0.223 e. The Bertz CT molecular complexity index is 776. The Morgan fingerprint density at radius 1 is 1.52 bits per heavy atom. The van der Waals surface area contributed by atoms with Gasteiger partial charge in [-0.15, -0.1) is 0 Å². The number of H-pyrrole nitrogens is 1. The van der Waals surface area contributed by atoms with Crippen LogP contribution in [0.2, 0.25) is 0 Å². The summed E-state index contributed by atoms with van der Waals surface area (Å²) >= 11 is 0. The largest absolute Gasteiger partial charge is 0.350 e. The first-order chi connectivity index (χ1) is 12.2. The summed E-state index contributed by atoms with van der Waals surface area (Å²) in [5, 5.41) is 10.4. The van der Waals surface area contributed by atoms with Crippen molar-refractivity contribution in [3.05, 3.63) is 61.1 Å². The van der Waals surface area contributed by atoms with Crippen LogP contribution in [-0.4, -0.2) is 50.7 Å². The van der Waals surface area contributed by atoms with Gasteiger partial charge < -0.3 is 5.32 Å². The van der Waals surface area contributed by atoms with Crippen molar-refractivity contribution in [2.24, 2.45) is 0 Å². The second-order valence-electron chi connectivity index (χ2n) is 6.29. The van der Waals surface area contributed by atoms with Gasteiger partial charge in [0.2, 0.25) is 5.95 Å². The highest BCUT2D eigenvalue weighted by Crippen LogP contribution is 2.21. The van der Waals surface area contributed by atoms with Crippen molar-refractivity contribution < 1.29 is 0 Å². The predicted octanol–water partition coefficient (Wildman–Crippen LogP) is 2.96. The van der Waals surface area contributed by atoms with E-state index >= 15 is 0 Å². The van der Waals surface area contributed by atoms with Gasteiger partial charge in [-0.25, -0.2) is 9.97 Å². The number of hydrogen-bond acceptors (Lipinski definition) is 5. The molecule has 0 radical (unpaired) electrons. The number of aryl methyl sites for hydroxylation is 1. The molecule has 0 bridgehead atoms. The van der Waals surface area contributed by atoms with Gasteiger partial charge in [0.25, 0.3) is 0 Å². The molecule has 2 aromatic rings. The monoisotopic (exact) mass is 336 g/mol. The van der Waals surface area contributed by atoms with Gasteiger partial charge in [-0.1, -0.05) is 31.4 Å². The fraction of sp³-hybridized carbons (Fsp3) is 0.316. The Labute approximate surface area is 148 Å². The summed E-state index contributed by atoms with van der Waals surface area (Å²) in [6.45, 7) is 12.6. The number of anilines is 1. The van der Waals surface area contributed by atoms with E-state index in [4.69, 9.17) is 0 Å². The lowest BCUT2D eigenvalue weighted by molar-refractivity contribution is 0.368. The van der Waals surface area contributed by atoms with Gasteiger partial charge in [0.1, 0.15) is 0 Å². The number of aromatic amines is 1. The number of nitrogens with zero attached hydrogens (tertiary/aromatic N) is 4. The Morgan fingerprint density at radius 3 is 3.16 bits per heavy atom. The van der Waals surface area contributed by atoms with Crippen molar-refractivity contribution >= 4 is 5.95 Å². The first kappa shape index (κ1) is 17.1. The maximum absolute atomic E-state index is 4.63. The third-order valence-corrected chi connectivity index (χ3v) is 4.26. The maximum atomic E-state index is 4.63. The number of aromatic nitrogens is 4. The van der Waals surface area contributed by atoms with Gasteiger partial charge in [-0.2, -0.15) is 5.10 Å². The minimum Gasteiger partial charge on any atom is -0.350 e. The first-order valence-electron chi connectivity index (χ1n) is 8.45. The van der Waals surface area contributed by atoms with Crippen LogP contribution in [0, 0.1) is 6.92 Å². The first-order valence-corrected chi connectivity index (χ1v) is 8.45. The van der Waals surface area contributed by atoms with E-state index in [1.54, 1.807) is 18.5 Å².